The van der Waals surface area contributed by atoms with Gasteiger partial charge in [-0.2, -0.15) is 9.97 Å². The predicted molar refractivity (Wildman–Crippen MR) is 91.8 cm³/mol. The molecule has 1 fully saturated rings. The lowest BCUT2D eigenvalue weighted by Gasteiger charge is -2.22. The maximum Gasteiger partial charge on any atom is 0.225 e. The second-order valence-corrected chi connectivity index (χ2v) is 6.24. The number of fused-ring (bicyclic) bond motifs is 1. The molecular weight excluding hydrogens is 326 g/mol. The molecule has 6 nitrogen and oxygen atoms in total. The number of H-pyrrole nitrogens is 1. The van der Waals surface area contributed by atoms with Gasteiger partial charge < -0.3 is 15.6 Å². The monoisotopic (exact) mass is 344 g/mol. The van der Waals surface area contributed by atoms with Gasteiger partial charge in [0, 0.05) is 12.1 Å². The van der Waals surface area contributed by atoms with Gasteiger partial charge in [-0.05, 0) is 25.0 Å². The van der Waals surface area contributed by atoms with E-state index in [0.29, 0.717) is 29.1 Å². The van der Waals surface area contributed by atoms with Crippen molar-refractivity contribution in [3.8, 4) is 0 Å². The van der Waals surface area contributed by atoms with Crippen LogP contribution < -0.4 is 10.6 Å². The van der Waals surface area contributed by atoms with Gasteiger partial charge in [0.15, 0.2) is 5.65 Å². The Labute approximate surface area is 143 Å². The number of halogens is 2. The minimum Gasteiger partial charge on any atom is -0.351 e. The first-order valence-corrected chi connectivity index (χ1v) is 8.39. The zero-order valence-electron chi connectivity index (χ0n) is 13.5. The maximum absolute atomic E-state index is 13.7. The highest BCUT2D eigenvalue weighted by Crippen LogP contribution is 2.23. The minimum absolute atomic E-state index is 0.133. The van der Waals surface area contributed by atoms with E-state index in [1.807, 2.05) is 0 Å². The molecule has 0 unspecified atom stereocenters. The molecule has 2 aromatic heterocycles. The average molecular weight is 344 g/mol. The topological polar surface area (TPSA) is 78.5 Å². The van der Waals surface area contributed by atoms with Crippen LogP contribution in [0.25, 0.3) is 11.2 Å². The van der Waals surface area contributed by atoms with Crippen LogP contribution in [0.15, 0.2) is 24.4 Å². The predicted octanol–water partition coefficient (Wildman–Crippen LogP) is 4.12. The summed E-state index contributed by atoms with van der Waals surface area (Å²) in [7, 11) is 0. The summed E-state index contributed by atoms with van der Waals surface area (Å²) in [4.78, 5) is 16.0. The molecule has 0 radical (unpaired) electrons. The normalized spacial score (nSPS) is 15.4. The van der Waals surface area contributed by atoms with Gasteiger partial charge in [0.25, 0.3) is 0 Å². The van der Waals surface area contributed by atoms with Crippen molar-refractivity contribution in [2.75, 3.05) is 10.6 Å². The summed E-state index contributed by atoms with van der Waals surface area (Å²) in [6.45, 7) is 0. The smallest absolute Gasteiger partial charge is 0.225 e. The zero-order chi connectivity index (χ0) is 17.2. The standard InChI is InChI=1S/C17H18F2N6/c18-10-6-7-13(12(19)8-10)22-17-23-14-9-20-16(24-15(14)25-17)21-11-4-2-1-3-5-11/h6-9,11H,1-5H2,(H3,20,21,22,23,24,25). The van der Waals surface area contributed by atoms with Crippen LogP contribution in [-0.4, -0.2) is 26.0 Å². The van der Waals surface area contributed by atoms with Crippen LogP contribution in [0.1, 0.15) is 32.1 Å². The minimum atomic E-state index is -0.689. The highest BCUT2D eigenvalue weighted by atomic mass is 19.1. The SMILES string of the molecule is Fc1ccc(Nc2nc3nc(NC4CCCCC4)ncc3[nH]2)c(F)c1. The molecule has 0 amide bonds. The number of hydrogen-bond donors (Lipinski definition) is 3. The Hall–Kier alpha value is -2.77. The largest absolute Gasteiger partial charge is 0.351 e. The van der Waals surface area contributed by atoms with Gasteiger partial charge in [-0.15, -0.1) is 0 Å². The van der Waals surface area contributed by atoms with Crippen LogP contribution >= 0.6 is 0 Å². The highest BCUT2D eigenvalue weighted by Gasteiger charge is 2.15. The maximum atomic E-state index is 13.7. The van der Waals surface area contributed by atoms with Crippen molar-refractivity contribution in [1.82, 2.24) is 19.9 Å². The second kappa shape index (κ2) is 6.62. The van der Waals surface area contributed by atoms with E-state index < -0.39 is 11.6 Å². The molecule has 0 atom stereocenters. The number of aromatic amines is 1. The lowest BCUT2D eigenvalue weighted by molar-refractivity contribution is 0.461. The molecule has 1 aliphatic rings. The molecule has 1 saturated carbocycles. The van der Waals surface area contributed by atoms with Crippen molar-refractivity contribution < 1.29 is 8.78 Å². The molecule has 0 saturated heterocycles. The molecule has 3 aromatic rings. The van der Waals surface area contributed by atoms with Crippen molar-refractivity contribution in [1.29, 1.82) is 0 Å². The second-order valence-electron chi connectivity index (χ2n) is 6.24. The van der Waals surface area contributed by atoms with Gasteiger partial charge in [0.2, 0.25) is 11.9 Å². The molecule has 2 heterocycles. The molecule has 8 heteroatoms. The number of aromatic nitrogens is 4. The Balaban J connectivity index is 1.53. The van der Waals surface area contributed by atoms with Crippen LogP contribution in [0.2, 0.25) is 0 Å². The first-order valence-electron chi connectivity index (χ1n) is 8.39. The lowest BCUT2D eigenvalue weighted by Crippen LogP contribution is -2.23. The number of anilines is 3. The third-order valence-corrected chi connectivity index (χ3v) is 4.36. The number of nitrogens with one attached hydrogen (secondary N) is 3. The van der Waals surface area contributed by atoms with Crippen LogP contribution in [0, 0.1) is 11.6 Å². The average Bonchev–Trinajstić information content (AvgIpc) is 3.00. The van der Waals surface area contributed by atoms with E-state index in [1.165, 1.54) is 31.4 Å². The molecule has 0 spiro atoms. The Kier molecular flexibility index (Phi) is 4.17. The van der Waals surface area contributed by atoms with Crippen molar-refractivity contribution >= 4 is 28.7 Å². The molecule has 25 heavy (non-hydrogen) atoms. The van der Waals surface area contributed by atoms with E-state index in [0.717, 1.165) is 18.9 Å². The van der Waals surface area contributed by atoms with Crippen molar-refractivity contribution in [2.45, 2.75) is 38.1 Å². The summed E-state index contributed by atoms with van der Waals surface area (Å²) >= 11 is 0. The van der Waals surface area contributed by atoms with E-state index in [4.69, 9.17) is 0 Å². The first kappa shape index (κ1) is 15.7. The summed E-state index contributed by atoms with van der Waals surface area (Å²) in [6, 6.07) is 3.72. The molecule has 0 bridgehead atoms. The van der Waals surface area contributed by atoms with Gasteiger partial charge in [0.1, 0.15) is 17.2 Å². The molecular formula is C17H18F2N6. The summed E-state index contributed by atoms with van der Waals surface area (Å²) in [5, 5.41) is 6.14. The fraction of sp³-hybridized carbons (Fsp3) is 0.353. The summed E-state index contributed by atoms with van der Waals surface area (Å²) in [6.07, 6.45) is 7.62. The third kappa shape index (κ3) is 3.52. The summed E-state index contributed by atoms with van der Waals surface area (Å²) < 4.78 is 26.7. The Morgan fingerprint density at radius 2 is 1.92 bits per heavy atom. The van der Waals surface area contributed by atoms with E-state index in [1.54, 1.807) is 6.20 Å². The van der Waals surface area contributed by atoms with Gasteiger partial charge >= 0.3 is 0 Å². The van der Waals surface area contributed by atoms with E-state index in [9.17, 15) is 8.78 Å². The quantitative estimate of drug-likeness (QED) is 0.663. The zero-order valence-corrected chi connectivity index (χ0v) is 13.5. The number of rotatable bonds is 4. The highest BCUT2D eigenvalue weighted by molar-refractivity contribution is 5.74. The Bertz CT molecular complexity index is 888. The number of benzene rings is 1. The molecule has 3 N–H and O–H groups in total. The molecule has 1 aromatic carbocycles. The Morgan fingerprint density at radius 3 is 2.72 bits per heavy atom. The fourth-order valence-electron chi connectivity index (χ4n) is 3.08. The van der Waals surface area contributed by atoms with Crippen molar-refractivity contribution in [3.63, 3.8) is 0 Å². The number of imidazole rings is 1. The van der Waals surface area contributed by atoms with Gasteiger partial charge in [-0.1, -0.05) is 19.3 Å². The van der Waals surface area contributed by atoms with E-state index in [2.05, 4.69) is 30.6 Å². The summed E-state index contributed by atoms with van der Waals surface area (Å²) in [5.74, 6) is -0.446. The number of hydrogen-bond acceptors (Lipinski definition) is 5. The molecule has 130 valence electrons. The van der Waals surface area contributed by atoms with Crippen LogP contribution in [-0.2, 0) is 0 Å². The van der Waals surface area contributed by atoms with E-state index >= 15 is 0 Å². The molecule has 4 rings (SSSR count). The van der Waals surface area contributed by atoms with Crippen molar-refractivity contribution in [2.24, 2.45) is 0 Å². The Morgan fingerprint density at radius 1 is 1.08 bits per heavy atom. The number of nitrogens with zero attached hydrogens (tertiary/aromatic N) is 3. The third-order valence-electron chi connectivity index (χ3n) is 4.36. The van der Waals surface area contributed by atoms with E-state index in [-0.39, 0.29) is 5.69 Å². The molecule has 0 aliphatic heterocycles. The molecule has 1 aliphatic carbocycles. The summed E-state index contributed by atoms with van der Waals surface area (Å²) in [5.41, 5.74) is 1.26. The lowest BCUT2D eigenvalue weighted by atomic mass is 9.96. The van der Waals surface area contributed by atoms with Crippen molar-refractivity contribution in [3.05, 3.63) is 36.0 Å². The van der Waals surface area contributed by atoms with Crippen LogP contribution in [0.4, 0.5) is 26.4 Å². The van der Waals surface area contributed by atoms with Gasteiger partial charge in [0.05, 0.1) is 11.9 Å². The first-order chi connectivity index (χ1) is 12.2. The van der Waals surface area contributed by atoms with Gasteiger partial charge in [-0.3, -0.25) is 0 Å². The van der Waals surface area contributed by atoms with Crippen LogP contribution in [0.3, 0.4) is 0 Å². The fourth-order valence-corrected chi connectivity index (χ4v) is 3.08. The van der Waals surface area contributed by atoms with Crippen LogP contribution in [0.5, 0.6) is 0 Å². The van der Waals surface area contributed by atoms with Gasteiger partial charge in [-0.25, -0.2) is 13.8 Å².